The second-order valence-electron chi connectivity index (χ2n) is 6.73. The molecule has 2 atom stereocenters. The first-order valence-corrected chi connectivity index (χ1v) is 9.17. The predicted molar refractivity (Wildman–Crippen MR) is 101 cm³/mol. The SMILES string of the molecule is CCOc1ccc(N2CC(C(=O)NC(C)c3ccc(F)cc3F)CC2=O)cc1. The molecule has 28 heavy (non-hydrogen) atoms. The van der Waals surface area contributed by atoms with Gasteiger partial charge in [-0.3, -0.25) is 9.59 Å². The minimum atomic E-state index is -0.716. The Morgan fingerprint density at radius 3 is 2.61 bits per heavy atom. The lowest BCUT2D eigenvalue weighted by atomic mass is 10.0. The zero-order chi connectivity index (χ0) is 20.3. The molecule has 5 nitrogen and oxygen atoms in total. The highest BCUT2D eigenvalue weighted by Gasteiger charge is 2.35. The molecule has 0 spiro atoms. The van der Waals surface area contributed by atoms with E-state index in [1.807, 2.05) is 6.92 Å². The van der Waals surface area contributed by atoms with Crippen LogP contribution < -0.4 is 15.0 Å². The monoisotopic (exact) mass is 388 g/mol. The Bertz CT molecular complexity index is 870. The van der Waals surface area contributed by atoms with Gasteiger partial charge in [0.25, 0.3) is 0 Å². The third-order valence-electron chi connectivity index (χ3n) is 4.74. The highest BCUT2D eigenvalue weighted by atomic mass is 19.1. The van der Waals surface area contributed by atoms with Gasteiger partial charge in [-0.1, -0.05) is 6.07 Å². The van der Waals surface area contributed by atoms with Gasteiger partial charge in [-0.05, 0) is 44.2 Å². The van der Waals surface area contributed by atoms with Gasteiger partial charge in [0, 0.05) is 30.3 Å². The molecule has 2 amide bonds. The second-order valence-corrected chi connectivity index (χ2v) is 6.73. The maximum atomic E-state index is 13.9. The lowest BCUT2D eigenvalue weighted by molar-refractivity contribution is -0.126. The number of amides is 2. The van der Waals surface area contributed by atoms with E-state index in [1.165, 1.54) is 6.07 Å². The van der Waals surface area contributed by atoms with Crippen molar-refractivity contribution in [1.82, 2.24) is 5.32 Å². The summed E-state index contributed by atoms with van der Waals surface area (Å²) in [4.78, 5) is 26.5. The van der Waals surface area contributed by atoms with Gasteiger partial charge in [0.1, 0.15) is 17.4 Å². The smallest absolute Gasteiger partial charge is 0.227 e. The number of rotatable bonds is 6. The number of carbonyl (C=O) groups excluding carboxylic acids is 2. The van der Waals surface area contributed by atoms with Crippen LogP contribution in [0.25, 0.3) is 0 Å². The number of benzene rings is 2. The number of carbonyl (C=O) groups is 2. The summed E-state index contributed by atoms with van der Waals surface area (Å²) in [5, 5.41) is 2.72. The van der Waals surface area contributed by atoms with Crippen LogP contribution in [0.1, 0.15) is 31.9 Å². The summed E-state index contributed by atoms with van der Waals surface area (Å²) in [6.45, 7) is 4.31. The molecule has 1 fully saturated rings. The van der Waals surface area contributed by atoms with Gasteiger partial charge >= 0.3 is 0 Å². The minimum Gasteiger partial charge on any atom is -0.494 e. The zero-order valence-corrected chi connectivity index (χ0v) is 15.7. The quantitative estimate of drug-likeness (QED) is 0.823. The van der Waals surface area contributed by atoms with E-state index in [-0.39, 0.29) is 30.3 Å². The molecule has 0 aliphatic carbocycles. The molecule has 2 aromatic carbocycles. The molecule has 3 rings (SSSR count). The minimum absolute atomic E-state index is 0.0810. The average Bonchev–Trinajstić information content (AvgIpc) is 3.04. The molecule has 1 N–H and O–H groups in total. The van der Waals surface area contributed by atoms with Crippen LogP contribution in [0.15, 0.2) is 42.5 Å². The molecule has 2 aromatic rings. The first-order chi connectivity index (χ1) is 13.4. The Morgan fingerprint density at radius 2 is 1.96 bits per heavy atom. The van der Waals surface area contributed by atoms with Crippen molar-refractivity contribution in [3.63, 3.8) is 0 Å². The topological polar surface area (TPSA) is 58.6 Å². The number of ether oxygens (including phenoxy) is 1. The Balaban J connectivity index is 1.64. The summed E-state index contributed by atoms with van der Waals surface area (Å²) < 4.78 is 32.3. The number of hydrogen-bond acceptors (Lipinski definition) is 3. The fourth-order valence-electron chi connectivity index (χ4n) is 3.28. The molecule has 1 heterocycles. The summed E-state index contributed by atoms with van der Waals surface area (Å²) in [5.41, 5.74) is 0.892. The lowest BCUT2D eigenvalue weighted by Gasteiger charge is -2.19. The molecule has 7 heteroatoms. The van der Waals surface area contributed by atoms with Gasteiger partial charge in [0.15, 0.2) is 0 Å². The fourth-order valence-corrected chi connectivity index (χ4v) is 3.28. The number of halogens is 2. The normalized spacial score (nSPS) is 17.5. The van der Waals surface area contributed by atoms with Gasteiger partial charge in [0.05, 0.1) is 18.6 Å². The van der Waals surface area contributed by atoms with Gasteiger partial charge in [-0.2, -0.15) is 0 Å². The largest absolute Gasteiger partial charge is 0.494 e. The second kappa shape index (κ2) is 8.37. The molecule has 148 valence electrons. The highest BCUT2D eigenvalue weighted by Crippen LogP contribution is 2.28. The van der Waals surface area contributed by atoms with E-state index >= 15 is 0 Å². The Hall–Kier alpha value is -2.96. The van der Waals surface area contributed by atoms with Crippen molar-refractivity contribution in [3.05, 3.63) is 59.7 Å². The lowest BCUT2D eigenvalue weighted by Crippen LogP contribution is -2.34. The van der Waals surface area contributed by atoms with Crippen molar-refractivity contribution in [1.29, 1.82) is 0 Å². The molecule has 0 bridgehead atoms. The van der Waals surface area contributed by atoms with Gasteiger partial charge in [0.2, 0.25) is 11.8 Å². The highest BCUT2D eigenvalue weighted by molar-refractivity contribution is 6.00. The molecule has 1 aliphatic rings. The summed E-state index contributed by atoms with van der Waals surface area (Å²) in [5.74, 6) is -1.70. The maximum Gasteiger partial charge on any atom is 0.227 e. The summed E-state index contributed by atoms with van der Waals surface area (Å²) >= 11 is 0. The number of hydrogen-bond donors (Lipinski definition) is 1. The van der Waals surface area contributed by atoms with E-state index in [1.54, 1.807) is 36.1 Å². The van der Waals surface area contributed by atoms with E-state index in [4.69, 9.17) is 4.74 Å². The van der Waals surface area contributed by atoms with Crippen molar-refractivity contribution in [2.75, 3.05) is 18.1 Å². The van der Waals surface area contributed by atoms with Crippen LogP contribution in [0.3, 0.4) is 0 Å². The standard InChI is InChI=1S/C21H22F2N2O3/c1-3-28-17-7-5-16(6-8-17)25-12-14(10-20(25)26)21(27)24-13(2)18-9-4-15(22)11-19(18)23/h4-9,11,13-14H,3,10,12H2,1-2H3,(H,24,27). The van der Waals surface area contributed by atoms with Crippen LogP contribution in [0.2, 0.25) is 0 Å². The molecule has 0 radical (unpaired) electrons. The van der Waals surface area contributed by atoms with Crippen LogP contribution >= 0.6 is 0 Å². The molecule has 1 saturated heterocycles. The predicted octanol–water partition coefficient (Wildman–Crippen LogP) is 3.59. The maximum absolute atomic E-state index is 13.9. The number of anilines is 1. The van der Waals surface area contributed by atoms with Crippen LogP contribution in [0.5, 0.6) is 5.75 Å². The van der Waals surface area contributed by atoms with E-state index in [0.29, 0.717) is 18.0 Å². The third-order valence-corrected chi connectivity index (χ3v) is 4.74. The van der Waals surface area contributed by atoms with Crippen molar-refractivity contribution >= 4 is 17.5 Å². The van der Waals surface area contributed by atoms with Crippen LogP contribution in [-0.2, 0) is 9.59 Å². The average molecular weight is 388 g/mol. The van der Waals surface area contributed by atoms with E-state index < -0.39 is 23.6 Å². The van der Waals surface area contributed by atoms with Crippen LogP contribution in [0.4, 0.5) is 14.5 Å². The fraction of sp³-hybridized carbons (Fsp3) is 0.333. The van der Waals surface area contributed by atoms with Crippen LogP contribution in [0, 0.1) is 17.6 Å². The molecule has 0 saturated carbocycles. The summed E-state index contributed by atoms with van der Waals surface area (Å²) in [6.07, 6.45) is 0.0810. The van der Waals surface area contributed by atoms with Crippen molar-refractivity contribution < 1.29 is 23.1 Å². The van der Waals surface area contributed by atoms with E-state index in [0.717, 1.165) is 12.1 Å². The molecular formula is C21H22F2N2O3. The van der Waals surface area contributed by atoms with Crippen LogP contribution in [-0.4, -0.2) is 25.0 Å². The summed E-state index contributed by atoms with van der Waals surface area (Å²) in [7, 11) is 0. The number of nitrogens with zero attached hydrogens (tertiary/aromatic N) is 1. The van der Waals surface area contributed by atoms with Gasteiger partial charge in [-0.25, -0.2) is 8.78 Å². The van der Waals surface area contributed by atoms with E-state index in [2.05, 4.69) is 5.32 Å². The first-order valence-electron chi connectivity index (χ1n) is 9.17. The molecule has 2 unspecified atom stereocenters. The van der Waals surface area contributed by atoms with Crippen molar-refractivity contribution in [2.24, 2.45) is 5.92 Å². The van der Waals surface area contributed by atoms with Crippen molar-refractivity contribution in [2.45, 2.75) is 26.3 Å². The number of nitrogens with one attached hydrogen (secondary N) is 1. The third kappa shape index (κ3) is 4.30. The van der Waals surface area contributed by atoms with Crippen molar-refractivity contribution in [3.8, 4) is 5.75 Å². The van der Waals surface area contributed by atoms with E-state index in [9.17, 15) is 18.4 Å². The summed E-state index contributed by atoms with van der Waals surface area (Å²) in [6, 6.07) is 9.71. The molecular weight excluding hydrogens is 366 g/mol. The Kier molecular flexibility index (Phi) is 5.92. The zero-order valence-electron chi connectivity index (χ0n) is 15.7. The Morgan fingerprint density at radius 1 is 1.25 bits per heavy atom. The van der Waals surface area contributed by atoms with Gasteiger partial charge < -0.3 is 15.0 Å². The van der Waals surface area contributed by atoms with Gasteiger partial charge in [-0.15, -0.1) is 0 Å². The molecule has 0 aromatic heterocycles. The Labute approximate surface area is 162 Å². The first kappa shape index (κ1) is 19.8. The molecule has 1 aliphatic heterocycles.